The van der Waals surface area contributed by atoms with E-state index in [4.69, 9.17) is 5.73 Å². The lowest BCUT2D eigenvalue weighted by Gasteiger charge is -2.30. The van der Waals surface area contributed by atoms with E-state index in [9.17, 15) is 15.0 Å². The Hall–Kier alpha value is -2.24. The summed E-state index contributed by atoms with van der Waals surface area (Å²) < 4.78 is 0. The van der Waals surface area contributed by atoms with Crippen molar-refractivity contribution >= 4 is 5.97 Å². The van der Waals surface area contributed by atoms with Crippen molar-refractivity contribution in [2.45, 2.75) is 58.1 Å². The molecule has 2 atom stereocenters. The standard InChI is InChI=1S/C22H30N2O3/c1-15(2)11-20(23)22(27,21(25)26)14-19-13-18(9-10-24-19)8-7-17-6-4-5-16(3)12-17/h4-6,9-10,12-13,15,20,27H,7-8,11,14,23H2,1-3H3,(H,25,26)/t20-,22+/m0/s1. The maximum Gasteiger partial charge on any atom is 0.337 e. The molecular formula is C22H30N2O3. The molecule has 0 aliphatic heterocycles. The summed E-state index contributed by atoms with van der Waals surface area (Å²) in [6.07, 6.45) is 3.70. The normalized spacial score (nSPS) is 14.7. The van der Waals surface area contributed by atoms with Crippen molar-refractivity contribution in [2.75, 3.05) is 0 Å². The predicted octanol–water partition coefficient (Wildman–Crippen LogP) is 2.91. The Balaban J connectivity index is 2.11. The van der Waals surface area contributed by atoms with Gasteiger partial charge in [0, 0.05) is 24.4 Å². The van der Waals surface area contributed by atoms with Gasteiger partial charge in [-0.25, -0.2) is 4.79 Å². The van der Waals surface area contributed by atoms with Gasteiger partial charge in [0.05, 0.1) is 0 Å². The highest BCUT2D eigenvalue weighted by Crippen LogP contribution is 2.22. The third-order valence-electron chi connectivity index (χ3n) is 4.83. The minimum Gasteiger partial charge on any atom is -0.479 e. The maximum atomic E-state index is 11.7. The molecule has 0 fully saturated rings. The lowest BCUT2D eigenvalue weighted by atomic mass is 9.84. The number of pyridine rings is 1. The Morgan fingerprint density at radius 2 is 1.85 bits per heavy atom. The van der Waals surface area contributed by atoms with E-state index in [1.165, 1.54) is 11.1 Å². The van der Waals surface area contributed by atoms with Crippen molar-refractivity contribution in [1.82, 2.24) is 4.98 Å². The molecule has 27 heavy (non-hydrogen) atoms. The molecule has 0 bridgehead atoms. The van der Waals surface area contributed by atoms with Crippen molar-refractivity contribution in [3.63, 3.8) is 0 Å². The summed E-state index contributed by atoms with van der Waals surface area (Å²) in [5.41, 5.74) is 8.10. The molecule has 0 spiro atoms. The van der Waals surface area contributed by atoms with Gasteiger partial charge in [0.1, 0.15) is 0 Å². The number of carboxylic acid groups (broad SMARTS) is 1. The second kappa shape index (κ2) is 9.11. The van der Waals surface area contributed by atoms with E-state index in [1.807, 2.05) is 32.0 Å². The Bertz CT molecular complexity index is 776. The summed E-state index contributed by atoms with van der Waals surface area (Å²) in [4.78, 5) is 16.0. The molecule has 146 valence electrons. The minimum atomic E-state index is -2.02. The van der Waals surface area contributed by atoms with E-state index < -0.39 is 17.6 Å². The average molecular weight is 370 g/mol. The van der Waals surface area contributed by atoms with Crippen molar-refractivity contribution in [3.8, 4) is 0 Å². The van der Waals surface area contributed by atoms with Crippen LogP contribution in [0.1, 0.15) is 42.7 Å². The molecule has 5 heteroatoms. The highest BCUT2D eigenvalue weighted by molar-refractivity contribution is 5.78. The number of nitrogens with two attached hydrogens (primary N) is 1. The zero-order valence-corrected chi connectivity index (χ0v) is 16.4. The monoisotopic (exact) mass is 370 g/mol. The van der Waals surface area contributed by atoms with Crippen LogP contribution < -0.4 is 5.73 Å². The van der Waals surface area contributed by atoms with Gasteiger partial charge in [-0.1, -0.05) is 43.7 Å². The summed E-state index contributed by atoms with van der Waals surface area (Å²) in [7, 11) is 0. The third kappa shape index (κ3) is 5.88. The van der Waals surface area contributed by atoms with Crippen molar-refractivity contribution in [3.05, 3.63) is 65.0 Å². The molecule has 0 radical (unpaired) electrons. The van der Waals surface area contributed by atoms with E-state index in [1.54, 1.807) is 6.20 Å². The number of nitrogens with zero attached hydrogens (tertiary/aromatic N) is 1. The fourth-order valence-electron chi connectivity index (χ4n) is 3.28. The van der Waals surface area contributed by atoms with Crippen molar-refractivity contribution in [2.24, 2.45) is 11.7 Å². The summed E-state index contributed by atoms with van der Waals surface area (Å²) in [6.45, 7) is 5.97. The molecule has 4 N–H and O–H groups in total. The van der Waals surface area contributed by atoms with E-state index in [-0.39, 0.29) is 12.3 Å². The number of aliphatic carboxylic acids is 1. The molecular weight excluding hydrogens is 340 g/mol. The molecule has 0 aliphatic rings. The van der Waals surface area contributed by atoms with Gasteiger partial charge in [0.15, 0.2) is 5.60 Å². The van der Waals surface area contributed by atoms with Crippen LogP contribution in [0.3, 0.4) is 0 Å². The van der Waals surface area contributed by atoms with Crippen LogP contribution in [0.2, 0.25) is 0 Å². The number of rotatable bonds is 9. The fraction of sp³-hybridized carbons (Fsp3) is 0.455. The summed E-state index contributed by atoms with van der Waals surface area (Å²) >= 11 is 0. The van der Waals surface area contributed by atoms with Crippen LogP contribution in [-0.4, -0.2) is 32.8 Å². The molecule has 0 unspecified atom stereocenters. The SMILES string of the molecule is Cc1cccc(CCc2ccnc(C[C@](O)(C(=O)O)[C@@H](N)CC(C)C)c2)c1. The second-order valence-electron chi connectivity index (χ2n) is 7.79. The summed E-state index contributed by atoms with van der Waals surface area (Å²) in [5.74, 6) is -1.11. The third-order valence-corrected chi connectivity index (χ3v) is 4.83. The number of aromatic nitrogens is 1. The fourth-order valence-corrected chi connectivity index (χ4v) is 3.28. The Morgan fingerprint density at radius 1 is 1.19 bits per heavy atom. The number of aliphatic hydroxyl groups is 1. The second-order valence-corrected chi connectivity index (χ2v) is 7.79. The van der Waals surface area contributed by atoms with Gasteiger partial charge in [-0.3, -0.25) is 4.98 Å². The molecule has 1 aromatic carbocycles. The molecule has 0 aliphatic carbocycles. The van der Waals surface area contributed by atoms with Crippen LogP contribution in [0.25, 0.3) is 0 Å². The molecule has 0 amide bonds. The van der Waals surface area contributed by atoms with Crippen LogP contribution in [0.5, 0.6) is 0 Å². The number of hydrogen-bond donors (Lipinski definition) is 3. The number of aryl methyl sites for hydroxylation is 3. The summed E-state index contributed by atoms with van der Waals surface area (Å²) in [5, 5.41) is 20.3. The lowest BCUT2D eigenvalue weighted by Crippen LogP contribution is -2.56. The van der Waals surface area contributed by atoms with E-state index in [0.29, 0.717) is 12.1 Å². The first-order valence-electron chi connectivity index (χ1n) is 9.41. The number of carbonyl (C=O) groups is 1. The molecule has 2 aromatic rings. The van der Waals surface area contributed by atoms with Gasteiger partial charge < -0.3 is 15.9 Å². The first-order chi connectivity index (χ1) is 12.7. The number of benzene rings is 1. The topological polar surface area (TPSA) is 96.4 Å². The highest BCUT2D eigenvalue weighted by Gasteiger charge is 2.43. The minimum absolute atomic E-state index is 0.103. The van der Waals surface area contributed by atoms with Crippen molar-refractivity contribution < 1.29 is 15.0 Å². The van der Waals surface area contributed by atoms with Crippen LogP contribution in [-0.2, 0) is 24.1 Å². The van der Waals surface area contributed by atoms with Gasteiger partial charge in [-0.2, -0.15) is 0 Å². The molecule has 0 saturated heterocycles. The zero-order chi connectivity index (χ0) is 20.0. The van der Waals surface area contributed by atoms with Crippen LogP contribution in [0.4, 0.5) is 0 Å². The molecule has 1 aromatic heterocycles. The van der Waals surface area contributed by atoms with Gasteiger partial charge in [0.2, 0.25) is 0 Å². The first-order valence-corrected chi connectivity index (χ1v) is 9.41. The maximum absolute atomic E-state index is 11.7. The number of carboxylic acids is 1. The Kier molecular flexibility index (Phi) is 7.11. The van der Waals surface area contributed by atoms with E-state index >= 15 is 0 Å². The van der Waals surface area contributed by atoms with Gasteiger partial charge in [-0.15, -0.1) is 0 Å². The van der Waals surface area contributed by atoms with Crippen LogP contribution >= 0.6 is 0 Å². The highest BCUT2D eigenvalue weighted by atomic mass is 16.4. The molecule has 5 nitrogen and oxygen atoms in total. The van der Waals surface area contributed by atoms with Gasteiger partial charge in [-0.05, 0) is 55.4 Å². The Labute approximate surface area is 161 Å². The largest absolute Gasteiger partial charge is 0.479 e. The van der Waals surface area contributed by atoms with Crippen molar-refractivity contribution in [1.29, 1.82) is 0 Å². The van der Waals surface area contributed by atoms with Gasteiger partial charge >= 0.3 is 5.97 Å². The van der Waals surface area contributed by atoms with E-state index in [0.717, 1.165) is 18.4 Å². The molecule has 1 heterocycles. The number of hydrogen-bond acceptors (Lipinski definition) is 4. The Morgan fingerprint density at radius 3 is 2.44 bits per heavy atom. The zero-order valence-electron chi connectivity index (χ0n) is 16.4. The average Bonchev–Trinajstić information content (AvgIpc) is 2.59. The van der Waals surface area contributed by atoms with E-state index in [2.05, 4.69) is 30.1 Å². The van der Waals surface area contributed by atoms with Crippen LogP contribution in [0, 0.1) is 12.8 Å². The molecule has 0 saturated carbocycles. The summed E-state index contributed by atoms with van der Waals surface area (Å²) in [6, 6.07) is 11.3. The predicted molar refractivity (Wildman–Crippen MR) is 107 cm³/mol. The first kappa shape index (κ1) is 21.1. The lowest BCUT2D eigenvalue weighted by molar-refractivity contribution is -0.161. The molecule has 2 rings (SSSR count). The van der Waals surface area contributed by atoms with Gasteiger partial charge in [0.25, 0.3) is 0 Å². The van der Waals surface area contributed by atoms with Crippen LogP contribution in [0.15, 0.2) is 42.6 Å². The smallest absolute Gasteiger partial charge is 0.337 e. The quantitative estimate of drug-likeness (QED) is 0.631.